The van der Waals surface area contributed by atoms with Gasteiger partial charge in [0, 0.05) is 36.8 Å². The van der Waals surface area contributed by atoms with E-state index in [1.807, 2.05) is 54.6 Å². The highest BCUT2D eigenvalue weighted by Gasteiger charge is 2.46. The maximum Gasteiger partial charge on any atom is 0.326 e. The van der Waals surface area contributed by atoms with Crippen LogP contribution in [0.15, 0.2) is 72.3 Å². The van der Waals surface area contributed by atoms with Gasteiger partial charge in [0.25, 0.3) is 5.91 Å². The van der Waals surface area contributed by atoms with E-state index in [2.05, 4.69) is 0 Å². The highest BCUT2D eigenvalue weighted by Crippen LogP contribution is 2.44. The van der Waals surface area contributed by atoms with E-state index in [0.29, 0.717) is 23.4 Å². The van der Waals surface area contributed by atoms with E-state index in [1.165, 1.54) is 19.1 Å². The summed E-state index contributed by atoms with van der Waals surface area (Å²) in [7, 11) is 3.08. The lowest BCUT2D eigenvalue weighted by molar-refractivity contribution is -0.164. The Kier molecular flexibility index (Phi) is 6.70. The molecule has 1 aliphatic heterocycles. The lowest BCUT2D eigenvalue weighted by Gasteiger charge is -2.38. The molecular formula is C26H26ClNO5. The van der Waals surface area contributed by atoms with Crippen LogP contribution in [-0.4, -0.2) is 47.9 Å². The molecule has 2 aromatic carbocycles. The molecule has 2 aromatic rings. The summed E-state index contributed by atoms with van der Waals surface area (Å²) in [4.78, 5) is 27.3. The number of benzene rings is 2. The van der Waals surface area contributed by atoms with Crippen molar-refractivity contribution in [1.82, 2.24) is 4.90 Å². The first kappa shape index (κ1) is 23.2. The summed E-state index contributed by atoms with van der Waals surface area (Å²) in [6.45, 7) is 0. The molecule has 0 aromatic heterocycles. The van der Waals surface area contributed by atoms with E-state index in [1.54, 1.807) is 12.1 Å². The Bertz CT molecular complexity index is 1110. The van der Waals surface area contributed by atoms with Crippen molar-refractivity contribution in [3.8, 4) is 0 Å². The van der Waals surface area contributed by atoms with Gasteiger partial charge >= 0.3 is 5.97 Å². The van der Waals surface area contributed by atoms with Gasteiger partial charge in [0.1, 0.15) is 6.04 Å². The molecule has 2 aliphatic rings. The standard InChI is InChI=1S/C26H26ClNO5/c1-32-26(33-2)16-18(12-13-20(26)17-8-4-3-5-9-17)24(29)28-22(14-15-23(28)25(30)31)19-10-6-7-11-21(19)27/h3-13,22-23H,14-16H2,1-2H3,(H,30,31)/t22-,23+/m1/s1. The molecule has 1 amide bonds. The Balaban J connectivity index is 1.74. The highest BCUT2D eigenvalue weighted by atomic mass is 35.5. The van der Waals surface area contributed by atoms with Gasteiger partial charge in [-0.1, -0.05) is 72.3 Å². The first-order valence-electron chi connectivity index (χ1n) is 10.8. The third-order valence-electron chi connectivity index (χ3n) is 6.47. The number of likely N-dealkylation sites (tertiary alicyclic amines) is 1. The van der Waals surface area contributed by atoms with Crippen LogP contribution in [0.5, 0.6) is 0 Å². The number of amides is 1. The number of hydrogen-bond donors (Lipinski definition) is 1. The average Bonchev–Trinajstić information content (AvgIpc) is 3.29. The number of carboxylic acid groups (broad SMARTS) is 1. The minimum Gasteiger partial charge on any atom is -0.480 e. The molecule has 1 heterocycles. The minimum absolute atomic E-state index is 0.150. The van der Waals surface area contributed by atoms with Crippen LogP contribution in [0.1, 0.15) is 36.4 Å². The Labute approximate surface area is 198 Å². The van der Waals surface area contributed by atoms with Gasteiger partial charge in [0.2, 0.25) is 0 Å². The van der Waals surface area contributed by atoms with Crippen LogP contribution in [-0.2, 0) is 19.1 Å². The number of carbonyl (C=O) groups excluding carboxylic acids is 1. The number of halogens is 1. The van der Waals surface area contributed by atoms with Crippen molar-refractivity contribution >= 4 is 29.1 Å². The second kappa shape index (κ2) is 9.51. The van der Waals surface area contributed by atoms with Gasteiger partial charge in [-0.2, -0.15) is 0 Å². The van der Waals surface area contributed by atoms with Gasteiger partial charge in [0.15, 0.2) is 5.79 Å². The zero-order chi connectivity index (χ0) is 23.6. The molecule has 0 unspecified atom stereocenters. The van der Waals surface area contributed by atoms with Crippen LogP contribution in [0.4, 0.5) is 0 Å². The lowest BCUT2D eigenvalue weighted by Crippen LogP contribution is -2.45. The highest BCUT2D eigenvalue weighted by molar-refractivity contribution is 6.31. The molecule has 0 spiro atoms. The van der Waals surface area contributed by atoms with E-state index >= 15 is 0 Å². The molecule has 4 rings (SSSR count). The number of rotatable bonds is 6. The van der Waals surface area contributed by atoms with E-state index < -0.39 is 23.8 Å². The van der Waals surface area contributed by atoms with Crippen molar-refractivity contribution in [2.45, 2.75) is 37.1 Å². The molecular weight excluding hydrogens is 442 g/mol. The smallest absolute Gasteiger partial charge is 0.326 e. The zero-order valence-corrected chi connectivity index (χ0v) is 19.3. The fourth-order valence-corrected chi connectivity index (χ4v) is 5.06. The number of hydrogen-bond acceptors (Lipinski definition) is 4. The molecule has 7 heteroatoms. The summed E-state index contributed by atoms with van der Waals surface area (Å²) < 4.78 is 11.6. The molecule has 0 bridgehead atoms. The predicted octanol–water partition coefficient (Wildman–Crippen LogP) is 4.86. The molecule has 0 saturated carbocycles. The first-order chi connectivity index (χ1) is 15.9. The van der Waals surface area contributed by atoms with Gasteiger partial charge < -0.3 is 19.5 Å². The number of nitrogens with zero attached hydrogens (tertiary/aromatic N) is 1. The van der Waals surface area contributed by atoms with E-state index in [9.17, 15) is 14.7 Å². The van der Waals surface area contributed by atoms with E-state index in [4.69, 9.17) is 21.1 Å². The number of carboxylic acids is 1. The fraction of sp³-hybridized carbons (Fsp3) is 0.308. The van der Waals surface area contributed by atoms with Crippen LogP contribution in [0.2, 0.25) is 5.02 Å². The van der Waals surface area contributed by atoms with Gasteiger partial charge in [-0.25, -0.2) is 4.79 Å². The lowest BCUT2D eigenvalue weighted by atomic mass is 9.86. The van der Waals surface area contributed by atoms with Crippen molar-refractivity contribution in [3.63, 3.8) is 0 Å². The largest absolute Gasteiger partial charge is 0.480 e. The maximum atomic E-state index is 13.8. The summed E-state index contributed by atoms with van der Waals surface area (Å²) in [5.41, 5.74) is 2.88. The van der Waals surface area contributed by atoms with E-state index in [-0.39, 0.29) is 12.3 Å². The Morgan fingerprint density at radius 2 is 1.67 bits per heavy atom. The van der Waals surface area contributed by atoms with Crippen molar-refractivity contribution in [3.05, 3.63) is 88.5 Å². The van der Waals surface area contributed by atoms with E-state index in [0.717, 1.165) is 16.7 Å². The number of methoxy groups -OCH3 is 2. The van der Waals surface area contributed by atoms with Gasteiger partial charge in [-0.05, 0) is 30.0 Å². The quantitative estimate of drug-likeness (QED) is 0.614. The maximum absolute atomic E-state index is 13.8. The summed E-state index contributed by atoms with van der Waals surface area (Å²) in [5, 5.41) is 10.4. The number of aliphatic carboxylic acids is 1. The van der Waals surface area contributed by atoms with Crippen LogP contribution in [0.3, 0.4) is 0 Å². The second-order valence-electron chi connectivity index (χ2n) is 8.16. The molecule has 1 N–H and O–H groups in total. The van der Waals surface area contributed by atoms with Crippen LogP contribution < -0.4 is 0 Å². The van der Waals surface area contributed by atoms with Gasteiger partial charge in [0.05, 0.1) is 6.04 Å². The van der Waals surface area contributed by atoms with Gasteiger partial charge in [-0.3, -0.25) is 4.79 Å². The third kappa shape index (κ3) is 4.22. The molecule has 1 saturated heterocycles. The fourth-order valence-electron chi connectivity index (χ4n) is 4.80. The summed E-state index contributed by atoms with van der Waals surface area (Å²) >= 11 is 6.41. The number of carbonyl (C=O) groups is 2. The second-order valence-corrected chi connectivity index (χ2v) is 8.56. The number of ether oxygens (including phenoxy) is 2. The first-order valence-corrected chi connectivity index (χ1v) is 11.2. The average molecular weight is 468 g/mol. The van der Waals surface area contributed by atoms with Crippen LogP contribution in [0.25, 0.3) is 5.57 Å². The summed E-state index contributed by atoms with van der Waals surface area (Å²) in [6.07, 6.45) is 4.58. The van der Waals surface area contributed by atoms with Crippen molar-refractivity contribution in [2.75, 3.05) is 14.2 Å². The molecule has 1 fully saturated rings. The minimum atomic E-state index is -1.17. The topological polar surface area (TPSA) is 76.1 Å². The Morgan fingerprint density at radius 1 is 1.00 bits per heavy atom. The normalized spacial score (nSPS) is 22.0. The molecule has 2 atom stereocenters. The van der Waals surface area contributed by atoms with Gasteiger partial charge in [-0.15, -0.1) is 0 Å². The predicted molar refractivity (Wildman–Crippen MR) is 126 cm³/mol. The molecule has 33 heavy (non-hydrogen) atoms. The monoisotopic (exact) mass is 467 g/mol. The van der Waals surface area contributed by atoms with Crippen molar-refractivity contribution < 1.29 is 24.2 Å². The summed E-state index contributed by atoms with van der Waals surface area (Å²) in [6, 6.07) is 15.6. The molecule has 0 radical (unpaired) electrons. The molecule has 1 aliphatic carbocycles. The third-order valence-corrected chi connectivity index (χ3v) is 6.82. The molecule has 172 valence electrons. The summed E-state index contributed by atoms with van der Waals surface area (Å²) in [5.74, 6) is -2.55. The number of allylic oxidation sites excluding steroid dienone is 2. The SMILES string of the molecule is COC1(OC)CC(C(=O)N2[C@@H](c3ccccc3Cl)CC[C@H]2C(=O)O)=CC=C1c1ccccc1. The zero-order valence-electron chi connectivity index (χ0n) is 18.5. The molecule has 6 nitrogen and oxygen atoms in total. The Hall–Kier alpha value is -2.93. The van der Waals surface area contributed by atoms with Crippen LogP contribution in [0, 0.1) is 0 Å². The Morgan fingerprint density at radius 3 is 2.30 bits per heavy atom. The van der Waals surface area contributed by atoms with Crippen LogP contribution >= 0.6 is 11.6 Å². The van der Waals surface area contributed by atoms with Crippen molar-refractivity contribution in [1.29, 1.82) is 0 Å². The van der Waals surface area contributed by atoms with Crippen molar-refractivity contribution in [2.24, 2.45) is 0 Å².